The van der Waals surface area contributed by atoms with Gasteiger partial charge in [0.05, 0.1) is 18.7 Å². The van der Waals surface area contributed by atoms with Crippen molar-refractivity contribution in [1.82, 2.24) is 0 Å². The molecule has 0 saturated carbocycles. The Morgan fingerprint density at radius 3 is 2.83 bits per heavy atom. The molecule has 4 aliphatic rings. The minimum atomic E-state index is -0.161. The third-order valence-electron chi connectivity index (χ3n) is 4.55. The average Bonchev–Trinajstić information content (AvgIpc) is 2.94. The van der Waals surface area contributed by atoms with Gasteiger partial charge >= 0.3 is 6.92 Å². The van der Waals surface area contributed by atoms with E-state index in [0.29, 0.717) is 12.5 Å². The summed E-state index contributed by atoms with van der Waals surface area (Å²) >= 11 is 0. The van der Waals surface area contributed by atoms with E-state index in [9.17, 15) is 0 Å². The second-order valence-corrected chi connectivity index (χ2v) is 5.45. The Balaban J connectivity index is 1.50. The van der Waals surface area contributed by atoms with Crippen LogP contribution in [0.1, 0.15) is 0 Å². The Morgan fingerprint density at radius 1 is 1.06 bits per heavy atom. The van der Waals surface area contributed by atoms with E-state index in [2.05, 4.69) is 12.1 Å². The van der Waals surface area contributed by atoms with Gasteiger partial charge in [0.15, 0.2) is 6.29 Å². The van der Waals surface area contributed by atoms with Crippen LogP contribution in [0.4, 0.5) is 0 Å². The van der Waals surface area contributed by atoms with E-state index < -0.39 is 0 Å². The molecule has 4 nitrogen and oxygen atoms in total. The molecule has 92 valence electrons. The van der Waals surface area contributed by atoms with Crippen LogP contribution in [0, 0.1) is 5.92 Å². The van der Waals surface area contributed by atoms with E-state index in [1.54, 1.807) is 0 Å². The number of fused-ring (bicyclic) bond motifs is 4. The zero-order valence-electron chi connectivity index (χ0n) is 9.77. The van der Waals surface area contributed by atoms with Crippen molar-refractivity contribution in [2.24, 2.45) is 5.92 Å². The molecule has 2 bridgehead atoms. The van der Waals surface area contributed by atoms with Crippen molar-refractivity contribution in [2.45, 2.75) is 30.6 Å². The highest BCUT2D eigenvalue weighted by Gasteiger charge is 2.68. The van der Waals surface area contributed by atoms with Gasteiger partial charge in [-0.1, -0.05) is 30.3 Å². The first kappa shape index (κ1) is 9.98. The first-order valence-electron chi connectivity index (χ1n) is 6.55. The molecule has 0 aromatic heterocycles. The van der Waals surface area contributed by atoms with Gasteiger partial charge in [0.1, 0.15) is 12.2 Å². The van der Waals surface area contributed by atoms with Crippen LogP contribution in [-0.2, 0) is 18.9 Å². The van der Waals surface area contributed by atoms with Gasteiger partial charge in [0, 0.05) is 5.92 Å². The Bertz CT molecular complexity index is 481. The Morgan fingerprint density at radius 2 is 1.94 bits per heavy atom. The van der Waals surface area contributed by atoms with Crippen LogP contribution in [-0.4, -0.2) is 44.1 Å². The van der Waals surface area contributed by atoms with Gasteiger partial charge in [-0.15, -0.1) is 0 Å². The van der Waals surface area contributed by atoms with Crippen LogP contribution < -0.4 is 5.46 Å². The summed E-state index contributed by atoms with van der Waals surface area (Å²) in [7, 11) is 0. The zero-order chi connectivity index (χ0) is 11.7. The van der Waals surface area contributed by atoms with Crippen molar-refractivity contribution in [3.05, 3.63) is 30.3 Å². The zero-order valence-corrected chi connectivity index (χ0v) is 9.77. The van der Waals surface area contributed by atoms with Crippen LogP contribution in [0.5, 0.6) is 0 Å². The highest BCUT2D eigenvalue weighted by Crippen LogP contribution is 2.50. The molecule has 1 aromatic rings. The molecule has 0 aliphatic carbocycles. The van der Waals surface area contributed by atoms with Crippen LogP contribution in [0.2, 0.25) is 0 Å². The van der Waals surface area contributed by atoms with Gasteiger partial charge in [-0.3, -0.25) is 0 Å². The maximum absolute atomic E-state index is 6.21. The summed E-state index contributed by atoms with van der Waals surface area (Å²) in [5.74, 6) is 0.446. The van der Waals surface area contributed by atoms with E-state index in [1.165, 1.54) is 5.46 Å². The molecule has 0 radical (unpaired) electrons. The first-order chi connectivity index (χ1) is 8.92. The summed E-state index contributed by atoms with van der Waals surface area (Å²) in [5, 5.41) is 0. The van der Waals surface area contributed by atoms with Crippen LogP contribution in [0.15, 0.2) is 30.3 Å². The molecular weight excluding hydrogens is 231 g/mol. The molecule has 5 rings (SSSR count). The minimum absolute atomic E-state index is 0.0559. The molecular formula is C13H13BO4. The third kappa shape index (κ3) is 1.11. The van der Waals surface area contributed by atoms with Gasteiger partial charge in [-0.2, -0.15) is 0 Å². The molecule has 4 heterocycles. The first-order valence-corrected chi connectivity index (χ1v) is 6.55. The van der Waals surface area contributed by atoms with Crippen LogP contribution in [0.3, 0.4) is 0 Å². The molecule has 0 amide bonds. The topological polar surface area (TPSA) is 36.9 Å². The highest BCUT2D eigenvalue weighted by molar-refractivity contribution is 6.69. The molecule has 1 unspecified atom stereocenters. The molecule has 0 spiro atoms. The molecule has 4 saturated heterocycles. The number of ether oxygens (including phenoxy) is 3. The third-order valence-corrected chi connectivity index (χ3v) is 4.55. The SMILES string of the molecule is c1ccc(B2O[C@H]3[C@@H]4C2O[C@H]4[C@@H]2OC[C@H]3O2)cc1. The molecule has 6 atom stereocenters. The molecule has 4 aliphatic heterocycles. The lowest BCUT2D eigenvalue weighted by molar-refractivity contribution is -0.283. The fourth-order valence-electron chi connectivity index (χ4n) is 3.72. The second kappa shape index (κ2) is 3.36. The van der Waals surface area contributed by atoms with E-state index in [-0.39, 0.29) is 37.5 Å². The Labute approximate surface area is 105 Å². The number of benzene rings is 1. The van der Waals surface area contributed by atoms with Crippen molar-refractivity contribution in [1.29, 1.82) is 0 Å². The second-order valence-electron chi connectivity index (χ2n) is 5.45. The predicted octanol–water partition coefficient (Wildman–Crippen LogP) is -0.0382. The van der Waals surface area contributed by atoms with Gasteiger partial charge in [0.25, 0.3) is 0 Å². The molecule has 1 aromatic carbocycles. The monoisotopic (exact) mass is 244 g/mol. The van der Waals surface area contributed by atoms with E-state index in [4.69, 9.17) is 18.9 Å². The summed E-state index contributed by atoms with van der Waals surface area (Å²) < 4.78 is 23.5. The highest BCUT2D eigenvalue weighted by atomic mass is 16.8. The molecule has 18 heavy (non-hydrogen) atoms. The normalized spacial score (nSPS) is 47.9. The number of rotatable bonds is 1. The van der Waals surface area contributed by atoms with Crippen molar-refractivity contribution < 1.29 is 18.9 Å². The van der Waals surface area contributed by atoms with E-state index in [1.807, 2.05) is 18.2 Å². The summed E-state index contributed by atoms with van der Waals surface area (Å²) in [4.78, 5) is 0. The largest absolute Gasteiger partial charge is 0.423 e. The Kier molecular flexibility index (Phi) is 1.86. The number of hydrogen-bond donors (Lipinski definition) is 0. The summed E-state index contributed by atoms with van der Waals surface area (Å²) in [6.45, 7) is 0.695. The fourth-order valence-corrected chi connectivity index (χ4v) is 3.72. The summed E-state index contributed by atoms with van der Waals surface area (Å²) in [5.41, 5.74) is 1.20. The lowest BCUT2D eigenvalue weighted by Crippen LogP contribution is -2.63. The lowest BCUT2D eigenvalue weighted by atomic mass is 9.52. The molecule has 0 N–H and O–H groups in total. The minimum Gasteiger partial charge on any atom is -0.423 e. The fraction of sp³-hybridized carbons (Fsp3) is 0.538. The standard InChI is InChI=1S/C13H13BO4/c1-2-4-7(5-3-1)14-12-9-10(18-14)8-6-15-13(16-8)11(9)17-12/h1-5,8-13H,6H2/t8-,9+,10-,11-,12?,13-/m1/s1. The lowest BCUT2D eigenvalue weighted by Gasteiger charge is -2.47. The summed E-state index contributed by atoms with van der Waals surface area (Å²) in [6.07, 6.45) is 0.146. The summed E-state index contributed by atoms with van der Waals surface area (Å²) in [6, 6.07) is 10.5. The maximum atomic E-state index is 6.21. The van der Waals surface area contributed by atoms with Gasteiger partial charge < -0.3 is 18.9 Å². The average molecular weight is 244 g/mol. The smallest absolute Gasteiger partial charge is 0.357 e. The Hall–Kier alpha value is -0.875. The quantitative estimate of drug-likeness (QED) is 0.649. The van der Waals surface area contributed by atoms with Crippen LogP contribution in [0.25, 0.3) is 0 Å². The van der Waals surface area contributed by atoms with E-state index >= 15 is 0 Å². The predicted molar refractivity (Wildman–Crippen MR) is 63.5 cm³/mol. The van der Waals surface area contributed by atoms with Crippen molar-refractivity contribution >= 4 is 12.4 Å². The number of hydrogen-bond acceptors (Lipinski definition) is 4. The van der Waals surface area contributed by atoms with Gasteiger partial charge in [-0.25, -0.2) is 0 Å². The molecule has 4 fully saturated rings. The molecule has 5 heteroatoms. The maximum Gasteiger partial charge on any atom is 0.357 e. The van der Waals surface area contributed by atoms with Gasteiger partial charge in [0.2, 0.25) is 0 Å². The van der Waals surface area contributed by atoms with E-state index in [0.717, 1.165) is 0 Å². The van der Waals surface area contributed by atoms with Crippen molar-refractivity contribution in [2.75, 3.05) is 6.61 Å². The van der Waals surface area contributed by atoms with Gasteiger partial charge in [-0.05, 0) is 5.46 Å². The van der Waals surface area contributed by atoms with Crippen molar-refractivity contribution in [3.8, 4) is 0 Å². The van der Waals surface area contributed by atoms with Crippen LogP contribution >= 0.6 is 0 Å². The van der Waals surface area contributed by atoms with Crippen molar-refractivity contribution in [3.63, 3.8) is 0 Å².